The number of nitrogens with one attached hydrogen (secondary N) is 1. The highest BCUT2D eigenvalue weighted by Crippen LogP contribution is 2.46. The largest absolute Gasteiger partial charge is 0.344 e. The van der Waals surface area contributed by atoms with Gasteiger partial charge in [-0.2, -0.15) is 0 Å². The number of hydrogen-bond acceptors (Lipinski definition) is 3. The number of aromatic nitrogens is 3. The van der Waals surface area contributed by atoms with E-state index < -0.39 is 0 Å². The molecule has 1 saturated carbocycles. The van der Waals surface area contributed by atoms with Crippen molar-refractivity contribution in [2.75, 3.05) is 0 Å². The Morgan fingerprint density at radius 1 is 1.26 bits per heavy atom. The molecule has 4 rings (SSSR count). The molecule has 1 fully saturated rings. The summed E-state index contributed by atoms with van der Waals surface area (Å²) in [5, 5.41) is 8.63. The van der Waals surface area contributed by atoms with E-state index in [1.165, 1.54) is 0 Å². The molecule has 1 N–H and O–H groups in total. The van der Waals surface area contributed by atoms with Gasteiger partial charge in [-0.1, -0.05) is 53.2 Å². The van der Waals surface area contributed by atoms with Gasteiger partial charge in [0, 0.05) is 11.8 Å². The maximum atomic E-state index is 12.2. The Kier molecular flexibility index (Phi) is 4.03. The van der Waals surface area contributed by atoms with Gasteiger partial charge in [-0.15, -0.1) is 5.10 Å². The van der Waals surface area contributed by atoms with E-state index in [1.54, 1.807) is 17.8 Å². The smallest absolute Gasteiger partial charge is 0.266 e. The van der Waals surface area contributed by atoms with E-state index in [1.807, 2.05) is 16.7 Å². The third-order valence-electron chi connectivity index (χ3n) is 4.60. The molecule has 0 aliphatic heterocycles. The minimum Gasteiger partial charge on any atom is -0.266 e. The summed E-state index contributed by atoms with van der Waals surface area (Å²) < 4.78 is 1.83. The van der Waals surface area contributed by atoms with Crippen molar-refractivity contribution < 1.29 is 0 Å². The molecule has 0 unspecified atom stereocenters. The van der Waals surface area contributed by atoms with Crippen LogP contribution in [0, 0.1) is 11.8 Å². The van der Waals surface area contributed by atoms with Gasteiger partial charge in [-0.3, -0.25) is 4.57 Å². The summed E-state index contributed by atoms with van der Waals surface area (Å²) in [4.78, 5) is 12.2. The fourth-order valence-electron chi connectivity index (χ4n) is 3.51. The van der Waals surface area contributed by atoms with Crippen molar-refractivity contribution in [1.29, 1.82) is 0 Å². The van der Waals surface area contributed by atoms with Gasteiger partial charge in [-0.25, -0.2) is 9.89 Å². The molecule has 120 valence electrons. The van der Waals surface area contributed by atoms with Crippen LogP contribution in [0.4, 0.5) is 0 Å². The first-order valence-corrected chi connectivity index (χ1v) is 9.28. The van der Waals surface area contributed by atoms with Crippen LogP contribution in [0.25, 0.3) is 0 Å². The lowest BCUT2D eigenvalue weighted by atomic mass is 10.0. The predicted molar refractivity (Wildman–Crippen MR) is 93.3 cm³/mol. The molecule has 0 radical (unpaired) electrons. The first kappa shape index (κ1) is 15.4. The van der Waals surface area contributed by atoms with Crippen molar-refractivity contribution in [1.82, 2.24) is 14.8 Å². The van der Waals surface area contributed by atoms with Gasteiger partial charge in [0.25, 0.3) is 0 Å². The van der Waals surface area contributed by atoms with E-state index in [-0.39, 0.29) is 11.7 Å². The van der Waals surface area contributed by atoms with Gasteiger partial charge in [0.1, 0.15) is 0 Å². The zero-order valence-corrected chi connectivity index (χ0v) is 14.5. The standard InChI is InChI=1S/C16H15Cl2N3OS/c17-12-4-2-10(6-13(12)18)8-23-16-20-19-15(22)21(16)14-7-9-1-3-11(14)5-9/h1-4,6,9,11,14H,5,7-8H2,(H,19,22)/t9-,11+,14-/m1/s1. The molecule has 1 aromatic carbocycles. The van der Waals surface area contributed by atoms with E-state index in [9.17, 15) is 4.79 Å². The fraction of sp³-hybridized carbons (Fsp3) is 0.375. The maximum absolute atomic E-state index is 12.2. The number of thioether (sulfide) groups is 1. The number of benzene rings is 1. The summed E-state index contributed by atoms with van der Waals surface area (Å²) in [6.45, 7) is 0. The molecule has 0 saturated heterocycles. The van der Waals surface area contributed by atoms with Crippen molar-refractivity contribution >= 4 is 35.0 Å². The predicted octanol–water partition coefficient (Wildman–Crippen LogP) is 4.31. The van der Waals surface area contributed by atoms with Crippen LogP contribution < -0.4 is 5.69 Å². The minimum atomic E-state index is -0.118. The van der Waals surface area contributed by atoms with Crippen LogP contribution in [0.15, 0.2) is 40.3 Å². The second kappa shape index (κ2) is 6.04. The van der Waals surface area contributed by atoms with Crippen LogP contribution >= 0.6 is 35.0 Å². The highest BCUT2D eigenvalue weighted by molar-refractivity contribution is 7.98. The molecule has 3 atom stereocenters. The van der Waals surface area contributed by atoms with E-state index in [2.05, 4.69) is 22.3 Å². The van der Waals surface area contributed by atoms with Crippen LogP contribution in [-0.4, -0.2) is 14.8 Å². The van der Waals surface area contributed by atoms with Crippen LogP contribution in [0.3, 0.4) is 0 Å². The second-order valence-corrected chi connectivity index (χ2v) is 7.82. The topological polar surface area (TPSA) is 50.7 Å². The van der Waals surface area contributed by atoms with Crippen LogP contribution in [0.5, 0.6) is 0 Å². The zero-order chi connectivity index (χ0) is 16.0. The first-order valence-electron chi connectivity index (χ1n) is 7.54. The Morgan fingerprint density at radius 2 is 2.13 bits per heavy atom. The SMILES string of the molecule is O=c1[nH]nc(SCc2ccc(Cl)c(Cl)c2)n1[C@@H]1C[C@@H]2C=C[C@H]1C2. The number of allylic oxidation sites excluding steroid dienone is 2. The Bertz CT molecular complexity index is 829. The van der Waals surface area contributed by atoms with Crippen molar-refractivity contribution in [2.24, 2.45) is 11.8 Å². The average molecular weight is 368 g/mol. The maximum Gasteiger partial charge on any atom is 0.344 e. The molecule has 2 aliphatic carbocycles. The molecule has 0 amide bonds. The quantitative estimate of drug-likeness (QED) is 0.646. The lowest BCUT2D eigenvalue weighted by Crippen LogP contribution is -2.25. The van der Waals surface area contributed by atoms with Gasteiger partial charge in [0.2, 0.25) is 0 Å². The highest BCUT2D eigenvalue weighted by atomic mass is 35.5. The monoisotopic (exact) mass is 367 g/mol. The molecule has 4 nitrogen and oxygen atoms in total. The summed E-state index contributed by atoms with van der Waals surface area (Å²) in [5.41, 5.74) is 0.937. The first-order chi connectivity index (χ1) is 11.1. The van der Waals surface area contributed by atoms with E-state index in [0.29, 0.717) is 27.6 Å². The zero-order valence-electron chi connectivity index (χ0n) is 12.2. The molecular formula is C16H15Cl2N3OS. The fourth-order valence-corrected chi connectivity index (χ4v) is 4.77. The number of aromatic amines is 1. The Labute approximate surface area is 147 Å². The molecule has 2 aliphatic rings. The van der Waals surface area contributed by atoms with Gasteiger partial charge in [0.15, 0.2) is 5.16 Å². The number of rotatable bonds is 4. The molecular weight excluding hydrogens is 353 g/mol. The lowest BCUT2D eigenvalue weighted by Gasteiger charge is -2.20. The molecule has 1 heterocycles. The summed E-state index contributed by atoms with van der Waals surface area (Å²) in [5.74, 6) is 1.76. The summed E-state index contributed by atoms with van der Waals surface area (Å²) in [6, 6.07) is 5.81. The number of H-pyrrole nitrogens is 1. The van der Waals surface area contributed by atoms with Crippen LogP contribution in [0.2, 0.25) is 10.0 Å². The molecule has 2 aromatic rings. The number of nitrogens with zero attached hydrogens (tertiary/aromatic N) is 2. The minimum absolute atomic E-state index is 0.118. The third kappa shape index (κ3) is 2.86. The molecule has 2 bridgehead atoms. The van der Waals surface area contributed by atoms with Gasteiger partial charge in [-0.05, 0) is 42.4 Å². The average Bonchev–Trinajstić information content (AvgIpc) is 3.23. The van der Waals surface area contributed by atoms with E-state index >= 15 is 0 Å². The van der Waals surface area contributed by atoms with Gasteiger partial charge < -0.3 is 0 Å². The van der Waals surface area contributed by atoms with Gasteiger partial charge in [0.05, 0.1) is 10.0 Å². The summed E-state index contributed by atoms with van der Waals surface area (Å²) in [7, 11) is 0. The molecule has 1 aromatic heterocycles. The van der Waals surface area contributed by atoms with Crippen molar-refractivity contribution in [3.8, 4) is 0 Å². The van der Waals surface area contributed by atoms with E-state index in [4.69, 9.17) is 23.2 Å². The van der Waals surface area contributed by atoms with Crippen molar-refractivity contribution in [3.05, 3.63) is 56.4 Å². The third-order valence-corrected chi connectivity index (χ3v) is 6.36. The number of fused-ring (bicyclic) bond motifs is 2. The van der Waals surface area contributed by atoms with Crippen molar-refractivity contribution in [2.45, 2.75) is 29.8 Å². The lowest BCUT2D eigenvalue weighted by molar-refractivity contribution is 0.396. The van der Waals surface area contributed by atoms with Crippen LogP contribution in [0.1, 0.15) is 24.4 Å². The summed E-state index contributed by atoms with van der Waals surface area (Å²) in [6.07, 6.45) is 6.70. The Morgan fingerprint density at radius 3 is 2.83 bits per heavy atom. The number of halogens is 2. The van der Waals surface area contributed by atoms with Crippen LogP contribution in [-0.2, 0) is 5.75 Å². The Balaban J connectivity index is 1.55. The molecule has 0 spiro atoms. The number of hydrogen-bond donors (Lipinski definition) is 1. The molecule has 7 heteroatoms. The van der Waals surface area contributed by atoms with E-state index in [0.717, 1.165) is 23.6 Å². The normalized spacial score (nSPS) is 25.4. The summed E-state index contributed by atoms with van der Waals surface area (Å²) >= 11 is 13.5. The highest BCUT2D eigenvalue weighted by Gasteiger charge is 2.38. The van der Waals surface area contributed by atoms with Gasteiger partial charge >= 0.3 is 5.69 Å². The Hall–Kier alpha value is -1.17. The van der Waals surface area contributed by atoms with Crippen molar-refractivity contribution in [3.63, 3.8) is 0 Å². The molecule has 23 heavy (non-hydrogen) atoms. The second-order valence-electron chi connectivity index (χ2n) is 6.07.